The van der Waals surface area contributed by atoms with Crippen LogP contribution in [0.5, 0.6) is 0 Å². The van der Waals surface area contributed by atoms with Crippen molar-refractivity contribution in [2.45, 2.75) is 0 Å². The van der Waals surface area contributed by atoms with Gasteiger partial charge in [0.15, 0.2) is 0 Å². The molecule has 1 aromatic carbocycles. The molecule has 7 nitrogen and oxygen atoms in total. The van der Waals surface area contributed by atoms with E-state index in [0.29, 0.717) is 11.3 Å². The number of primary amides is 1. The molecular formula is C15H10N6OS. The van der Waals surface area contributed by atoms with Crippen molar-refractivity contribution in [3.63, 3.8) is 0 Å². The summed E-state index contributed by atoms with van der Waals surface area (Å²) in [6.45, 7) is 0. The third-order valence-electron chi connectivity index (χ3n) is 3.31. The minimum atomic E-state index is -0.499. The van der Waals surface area contributed by atoms with Crippen LogP contribution in [0.25, 0.3) is 26.6 Å². The lowest BCUT2D eigenvalue weighted by Crippen LogP contribution is -2.11. The Kier molecular flexibility index (Phi) is 3.09. The number of nitrogens with two attached hydrogens (primary N) is 1. The van der Waals surface area contributed by atoms with Gasteiger partial charge in [0.25, 0.3) is 0 Å². The molecule has 1 amide bonds. The number of aromatic nitrogens is 5. The molecule has 3 heterocycles. The lowest BCUT2D eigenvalue weighted by Gasteiger charge is -2.03. The van der Waals surface area contributed by atoms with E-state index >= 15 is 0 Å². The van der Waals surface area contributed by atoms with Crippen LogP contribution >= 0.6 is 11.3 Å². The van der Waals surface area contributed by atoms with Gasteiger partial charge < -0.3 is 5.73 Å². The molecule has 0 radical (unpaired) electrons. The molecule has 4 aromatic rings. The number of fused-ring (bicyclic) bond motifs is 1. The number of thiazole rings is 1. The van der Waals surface area contributed by atoms with Gasteiger partial charge in [0.05, 0.1) is 28.5 Å². The van der Waals surface area contributed by atoms with Crippen LogP contribution < -0.4 is 5.73 Å². The van der Waals surface area contributed by atoms with Crippen LogP contribution in [0.1, 0.15) is 10.4 Å². The first kappa shape index (κ1) is 13.5. The first-order valence-electron chi connectivity index (χ1n) is 6.75. The van der Waals surface area contributed by atoms with Gasteiger partial charge in [-0.2, -0.15) is 0 Å². The van der Waals surface area contributed by atoms with Crippen molar-refractivity contribution in [1.29, 1.82) is 0 Å². The highest BCUT2D eigenvalue weighted by Crippen LogP contribution is 2.33. The fourth-order valence-electron chi connectivity index (χ4n) is 2.26. The molecule has 0 aliphatic carbocycles. The second-order valence-electron chi connectivity index (χ2n) is 4.79. The summed E-state index contributed by atoms with van der Waals surface area (Å²) in [7, 11) is 0. The van der Waals surface area contributed by atoms with Gasteiger partial charge in [0, 0.05) is 11.8 Å². The van der Waals surface area contributed by atoms with Gasteiger partial charge in [-0.1, -0.05) is 11.3 Å². The minimum absolute atomic E-state index is 0.402. The van der Waals surface area contributed by atoms with Crippen molar-refractivity contribution in [2.24, 2.45) is 5.73 Å². The zero-order valence-corrected chi connectivity index (χ0v) is 12.6. The van der Waals surface area contributed by atoms with E-state index in [9.17, 15) is 4.79 Å². The van der Waals surface area contributed by atoms with Crippen LogP contribution in [0, 0.1) is 0 Å². The molecule has 23 heavy (non-hydrogen) atoms. The second-order valence-corrected chi connectivity index (χ2v) is 5.82. The summed E-state index contributed by atoms with van der Waals surface area (Å²) in [5.74, 6) is -0.499. The number of hydrogen-bond acceptors (Lipinski definition) is 6. The van der Waals surface area contributed by atoms with Crippen molar-refractivity contribution in [3.05, 3.63) is 54.5 Å². The highest BCUT2D eigenvalue weighted by atomic mass is 32.1. The number of carbonyl (C=O) groups excluding carboxylic acids is 1. The van der Waals surface area contributed by atoms with E-state index in [1.165, 1.54) is 11.3 Å². The SMILES string of the molecule is NC(=O)c1cc(-n2ccnn2)c2nc(-c3ccccn3)sc2c1. The van der Waals surface area contributed by atoms with Crippen molar-refractivity contribution >= 4 is 27.5 Å². The van der Waals surface area contributed by atoms with Crippen LogP contribution in [0.4, 0.5) is 0 Å². The smallest absolute Gasteiger partial charge is 0.248 e. The third kappa shape index (κ3) is 2.34. The van der Waals surface area contributed by atoms with Gasteiger partial charge in [0.1, 0.15) is 10.5 Å². The molecule has 0 fully saturated rings. The number of pyridine rings is 1. The zero-order chi connectivity index (χ0) is 15.8. The van der Waals surface area contributed by atoms with Crippen molar-refractivity contribution < 1.29 is 4.79 Å². The fraction of sp³-hybridized carbons (Fsp3) is 0. The number of benzene rings is 1. The van der Waals surface area contributed by atoms with E-state index < -0.39 is 5.91 Å². The van der Waals surface area contributed by atoms with E-state index in [2.05, 4.69) is 20.3 Å². The van der Waals surface area contributed by atoms with E-state index in [0.717, 1.165) is 20.9 Å². The first-order valence-corrected chi connectivity index (χ1v) is 7.56. The zero-order valence-electron chi connectivity index (χ0n) is 11.7. The van der Waals surface area contributed by atoms with Crippen LogP contribution in [0.2, 0.25) is 0 Å². The fourth-order valence-corrected chi connectivity index (χ4v) is 3.27. The Morgan fingerprint density at radius 2 is 2.13 bits per heavy atom. The van der Waals surface area contributed by atoms with Crippen molar-refractivity contribution in [2.75, 3.05) is 0 Å². The highest BCUT2D eigenvalue weighted by Gasteiger charge is 2.15. The Bertz CT molecular complexity index is 994. The summed E-state index contributed by atoms with van der Waals surface area (Å²) < 4.78 is 2.41. The predicted octanol–water partition coefficient (Wildman–Crippen LogP) is 2.04. The Hall–Kier alpha value is -3.13. The lowest BCUT2D eigenvalue weighted by atomic mass is 10.1. The number of rotatable bonds is 3. The molecule has 0 atom stereocenters. The average Bonchev–Trinajstić information content (AvgIpc) is 3.24. The average molecular weight is 322 g/mol. The highest BCUT2D eigenvalue weighted by molar-refractivity contribution is 7.21. The van der Waals surface area contributed by atoms with Gasteiger partial charge in [-0.05, 0) is 24.3 Å². The Morgan fingerprint density at radius 1 is 1.22 bits per heavy atom. The third-order valence-corrected chi connectivity index (χ3v) is 4.34. The monoisotopic (exact) mass is 322 g/mol. The van der Waals surface area contributed by atoms with E-state index in [4.69, 9.17) is 5.73 Å². The number of nitrogens with zero attached hydrogens (tertiary/aromatic N) is 5. The number of amides is 1. The molecule has 0 aliphatic rings. The summed E-state index contributed by atoms with van der Waals surface area (Å²) in [6.07, 6.45) is 4.97. The summed E-state index contributed by atoms with van der Waals surface area (Å²) in [6, 6.07) is 9.05. The molecule has 2 N–H and O–H groups in total. The van der Waals surface area contributed by atoms with Gasteiger partial charge in [-0.3, -0.25) is 9.78 Å². The molecule has 0 spiro atoms. The maximum atomic E-state index is 11.6. The Balaban J connectivity index is 1.99. The van der Waals surface area contributed by atoms with Crippen molar-refractivity contribution in [3.8, 4) is 16.4 Å². The van der Waals surface area contributed by atoms with Crippen LogP contribution in [0.3, 0.4) is 0 Å². The molecule has 0 saturated carbocycles. The second kappa shape index (κ2) is 5.25. The van der Waals surface area contributed by atoms with Crippen LogP contribution in [-0.2, 0) is 0 Å². The molecule has 112 valence electrons. The first-order chi connectivity index (χ1) is 11.2. The van der Waals surface area contributed by atoms with Gasteiger partial charge in [-0.25, -0.2) is 9.67 Å². The maximum absolute atomic E-state index is 11.6. The van der Waals surface area contributed by atoms with Gasteiger partial charge in [0.2, 0.25) is 5.91 Å². The normalized spacial score (nSPS) is 11.0. The minimum Gasteiger partial charge on any atom is -0.366 e. The molecule has 0 unspecified atom stereocenters. The van der Waals surface area contributed by atoms with Gasteiger partial charge in [-0.15, -0.1) is 16.4 Å². The predicted molar refractivity (Wildman–Crippen MR) is 86.3 cm³/mol. The summed E-state index contributed by atoms with van der Waals surface area (Å²) in [4.78, 5) is 20.6. The van der Waals surface area contributed by atoms with Crippen LogP contribution in [-0.4, -0.2) is 30.9 Å². The van der Waals surface area contributed by atoms with E-state index in [-0.39, 0.29) is 0 Å². The van der Waals surface area contributed by atoms with Gasteiger partial charge >= 0.3 is 0 Å². The van der Waals surface area contributed by atoms with Crippen LogP contribution in [0.15, 0.2) is 48.9 Å². The van der Waals surface area contributed by atoms with E-state index in [1.807, 2.05) is 18.2 Å². The van der Waals surface area contributed by atoms with E-state index in [1.54, 1.807) is 35.4 Å². The Labute approximate surface area is 134 Å². The summed E-state index contributed by atoms with van der Waals surface area (Å²) in [5.41, 5.74) is 8.00. The molecule has 0 bridgehead atoms. The Morgan fingerprint density at radius 3 is 2.83 bits per heavy atom. The molecule has 4 rings (SSSR count). The maximum Gasteiger partial charge on any atom is 0.248 e. The summed E-state index contributed by atoms with van der Waals surface area (Å²) in [5, 5.41) is 8.55. The molecule has 0 aliphatic heterocycles. The standard InChI is InChI=1S/C15H10N6OS/c16-14(22)9-7-11(21-6-5-18-20-21)13-12(8-9)23-15(19-13)10-3-1-2-4-17-10/h1-8H,(H2,16,22). The lowest BCUT2D eigenvalue weighted by molar-refractivity contribution is 0.100. The topological polar surface area (TPSA) is 99.6 Å². The van der Waals surface area contributed by atoms with Crippen molar-refractivity contribution in [1.82, 2.24) is 25.0 Å². The molecule has 8 heteroatoms. The molecule has 0 saturated heterocycles. The largest absolute Gasteiger partial charge is 0.366 e. The number of hydrogen-bond donors (Lipinski definition) is 1. The molecular weight excluding hydrogens is 312 g/mol. The summed E-state index contributed by atoms with van der Waals surface area (Å²) >= 11 is 1.45. The quantitative estimate of drug-likeness (QED) is 0.622. The molecule has 3 aromatic heterocycles. The number of carbonyl (C=O) groups is 1.